The number of piperidine rings is 2. The van der Waals surface area contributed by atoms with Gasteiger partial charge in [-0.3, -0.25) is 19.3 Å². The van der Waals surface area contributed by atoms with E-state index in [1.165, 1.54) is 25.3 Å². The Hall–Kier alpha value is -3.06. The SMILES string of the molecule is CN(CCC1CCNCC1)CN1CCC(n2cc3cc(NC(=O)c4cccc(C(F)(F)F)n4)c(C(C)(C)O)cc3n2)CC1. The monoisotopic (exact) mass is 601 g/mol. The number of hydrogen-bond acceptors (Lipinski definition) is 7. The van der Waals surface area contributed by atoms with E-state index in [0.717, 1.165) is 75.7 Å². The molecule has 2 aromatic heterocycles. The first-order chi connectivity index (χ1) is 20.4. The highest BCUT2D eigenvalue weighted by atomic mass is 19.4. The van der Waals surface area contributed by atoms with Crippen LogP contribution in [0.1, 0.15) is 73.7 Å². The number of aromatic nitrogens is 3. The summed E-state index contributed by atoms with van der Waals surface area (Å²) in [6.07, 6.45) is 2.98. The van der Waals surface area contributed by atoms with Crippen molar-refractivity contribution in [2.24, 2.45) is 5.92 Å². The van der Waals surface area contributed by atoms with Crippen molar-refractivity contribution >= 4 is 22.5 Å². The number of anilines is 1. The maximum absolute atomic E-state index is 13.1. The Kier molecular flexibility index (Phi) is 9.40. The van der Waals surface area contributed by atoms with E-state index in [9.17, 15) is 23.1 Å². The van der Waals surface area contributed by atoms with Crippen molar-refractivity contribution in [3.63, 3.8) is 0 Å². The fourth-order valence-electron chi connectivity index (χ4n) is 6.10. The van der Waals surface area contributed by atoms with E-state index in [2.05, 4.69) is 32.5 Å². The zero-order valence-corrected chi connectivity index (χ0v) is 25.1. The normalized spacial score (nSPS) is 18.0. The molecule has 12 heteroatoms. The maximum atomic E-state index is 13.1. The number of carbonyl (C=O) groups excluding carboxylic acids is 1. The Balaban J connectivity index is 1.24. The minimum absolute atomic E-state index is 0.224. The number of halogens is 3. The zero-order valence-electron chi connectivity index (χ0n) is 25.1. The summed E-state index contributed by atoms with van der Waals surface area (Å²) in [7, 11) is 2.20. The third-order valence-corrected chi connectivity index (χ3v) is 8.59. The van der Waals surface area contributed by atoms with Crippen molar-refractivity contribution < 1.29 is 23.1 Å². The number of benzene rings is 1. The second-order valence-electron chi connectivity index (χ2n) is 12.5. The number of alkyl halides is 3. The molecule has 3 N–H and O–H groups in total. The highest BCUT2D eigenvalue weighted by molar-refractivity contribution is 6.04. The lowest BCUT2D eigenvalue weighted by atomic mass is 9.94. The van der Waals surface area contributed by atoms with Gasteiger partial charge in [0.05, 0.1) is 23.8 Å². The van der Waals surface area contributed by atoms with E-state index in [1.807, 2.05) is 10.9 Å². The topological polar surface area (TPSA) is 98.6 Å². The minimum atomic E-state index is -4.67. The molecule has 0 saturated carbocycles. The van der Waals surface area contributed by atoms with E-state index in [4.69, 9.17) is 5.10 Å². The molecular weight excluding hydrogens is 559 g/mol. The number of aliphatic hydroxyl groups is 1. The van der Waals surface area contributed by atoms with Crippen molar-refractivity contribution in [2.45, 2.75) is 63.8 Å². The Bertz CT molecular complexity index is 1400. The Morgan fingerprint density at radius 2 is 1.86 bits per heavy atom. The number of carbonyl (C=O) groups is 1. The number of nitrogens with zero attached hydrogens (tertiary/aromatic N) is 5. The number of pyridine rings is 1. The summed E-state index contributed by atoms with van der Waals surface area (Å²) in [5.74, 6) is 0.0304. The molecule has 4 heterocycles. The number of nitrogens with one attached hydrogen (secondary N) is 2. The van der Waals surface area contributed by atoms with Crippen LogP contribution in [0.15, 0.2) is 36.5 Å². The summed E-state index contributed by atoms with van der Waals surface area (Å²) in [4.78, 5) is 21.3. The molecule has 0 aliphatic carbocycles. The quantitative estimate of drug-likeness (QED) is 0.323. The first-order valence-electron chi connectivity index (χ1n) is 15.1. The van der Waals surface area contributed by atoms with Crippen molar-refractivity contribution in [3.8, 4) is 0 Å². The smallest absolute Gasteiger partial charge is 0.386 e. The standard InChI is InChI=1S/C31H42F3N7O2/c1-30(2,43)24-18-26-22(17-27(24)37-29(42)25-5-4-6-28(36-25)31(32,33)34)19-41(38-26)23-10-15-40(16-11-23)20-39(3)14-9-21-7-12-35-13-8-21/h4-6,17-19,21,23,35,43H,7-16,20H2,1-3H3,(H,37,42). The molecule has 5 rings (SSSR count). The molecule has 1 aromatic carbocycles. The number of amides is 1. The van der Waals surface area contributed by atoms with Gasteiger partial charge in [0, 0.05) is 35.9 Å². The van der Waals surface area contributed by atoms with Gasteiger partial charge in [-0.2, -0.15) is 18.3 Å². The van der Waals surface area contributed by atoms with Gasteiger partial charge >= 0.3 is 6.18 Å². The molecule has 2 saturated heterocycles. The van der Waals surface area contributed by atoms with Crippen LogP contribution in [0, 0.1) is 5.92 Å². The molecule has 234 valence electrons. The molecule has 2 aliphatic rings. The summed E-state index contributed by atoms with van der Waals surface area (Å²) >= 11 is 0. The predicted octanol–water partition coefficient (Wildman–Crippen LogP) is 4.85. The van der Waals surface area contributed by atoms with Crippen LogP contribution in [0.25, 0.3) is 10.9 Å². The fourth-order valence-corrected chi connectivity index (χ4v) is 6.10. The minimum Gasteiger partial charge on any atom is -0.386 e. The fraction of sp³-hybridized carbons (Fsp3) is 0.581. The molecule has 0 radical (unpaired) electrons. The van der Waals surface area contributed by atoms with Crippen molar-refractivity contribution in [3.05, 3.63) is 53.5 Å². The largest absolute Gasteiger partial charge is 0.433 e. The molecule has 43 heavy (non-hydrogen) atoms. The number of hydrogen-bond donors (Lipinski definition) is 3. The van der Waals surface area contributed by atoms with Crippen LogP contribution in [-0.4, -0.2) is 82.0 Å². The molecule has 0 bridgehead atoms. The Labute approximate surface area is 250 Å². The van der Waals surface area contributed by atoms with E-state index >= 15 is 0 Å². The highest BCUT2D eigenvalue weighted by Gasteiger charge is 2.33. The lowest BCUT2D eigenvalue weighted by molar-refractivity contribution is -0.141. The van der Waals surface area contributed by atoms with Gasteiger partial charge in [0.25, 0.3) is 5.91 Å². The molecule has 0 atom stereocenters. The molecule has 0 unspecified atom stereocenters. The number of rotatable bonds is 9. The lowest BCUT2D eigenvalue weighted by Gasteiger charge is -2.35. The average molecular weight is 602 g/mol. The summed E-state index contributed by atoms with van der Waals surface area (Å²) in [6, 6.07) is 6.86. The van der Waals surface area contributed by atoms with Gasteiger partial charge in [-0.15, -0.1) is 0 Å². The van der Waals surface area contributed by atoms with Gasteiger partial charge in [0.1, 0.15) is 11.4 Å². The molecule has 9 nitrogen and oxygen atoms in total. The molecule has 3 aromatic rings. The first kappa shape index (κ1) is 31.4. The van der Waals surface area contributed by atoms with Crippen LogP contribution in [0.3, 0.4) is 0 Å². The average Bonchev–Trinajstić information content (AvgIpc) is 3.39. The zero-order chi connectivity index (χ0) is 30.8. The van der Waals surface area contributed by atoms with Crippen LogP contribution in [-0.2, 0) is 11.8 Å². The molecular formula is C31H42F3N7O2. The van der Waals surface area contributed by atoms with Crippen LogP contribution in [0.5, 0.6) is 0 Å². The third kappa shape index (κ3) is 7.91. The molecule has 2 aliphatic heterocycles. The van der Waals surface area contributed by atoms with Crippen LogP contribution in [0.2, 0.25) is 0 Å². The van der Waals surface area contributed by atoms with Gasteiger partial charge in [0.15, 0.2) is 0 Å². The van der Waals surface area contributed by atoms with Gasteiger partial charge in [-0.05, 0) is 103 Å². The van der Waals surface area contributed by atoms with Gasteiger partial charge in [-0.1, -0.05) is 6.07 Å². The Morgan fingerprint density at radius 1 is 1.14 bits per heavy atom. The summed E-state index contributed by atoms with van der Waals surface area (Å²) in [6.45, 7) is 9.45. The molecule has 0 spiro atoms. The van der Waals surface area contributed by atoms with E-state index < -0.39 is 23.4 Å². The van der Waals surface area contributed by atoms with Crippen LogP contribution in [0.4, 0.5) is 18.9 Å². The van der Waals surface area contributed by atoms with Gasteiger partial charge in [-0.25, -0.2) is 4.98 Å². The van der Waals surface area contributed by atoms with E-state index in [0.29, 0.717) is 16.8 Å². The number of likely N-dealkylation sites (tertiary alicyclic amines) is 1. The molecule has 1 amide bonds. The van der Waals surface area contributed by atoms with E-state index in [-0.39, 0.29) is 11.7 Å². The summed E-state index contributed by atoms with van der Waals surface area (Å²) in [5.41, 5.74) is -1.47. The maximum Gasteiger partial charge on any atom is 0.433 e. The summed E-state index contributed by atoms with van der Waals surface area (Å²) < 4.78 is 41.4. The van der Waals surface area contributed by atoms with Gasteiger partial charge in [0.2, 0.25) is 0 Å². The second kappa shape index (κ2) is 12.9. The lowest BCUT2D eigenvalue weighted by Crippen LogP contribution is -2.42. The van der Waals surface area contributed by atoms with Crippen molar-refractivity contribution in [1.82, 2.24) is 29.9 Å². The third-order valence-electron chi connectivity index (χ3n) is 8.59. The van der Waals surface area contributed by atoms with Crippen molar-refractivity contribution in [2.75, 3.05) is 51.8 Å². The Morgan fingerprint density at radius 3 is 2.53 bits per heavy atom. The first-order valence-corrected chi connectivity index (χ1v) is 15.1. The van der Waals surface area contributed by atoms with Gasteiger partial charge < -0.3 is 15.7 Å². The number of fused-ring (bicyclic) bond motifs is 1. The van der Waals surface area contributed by atoms with Crippen LogP contribution < -0.4 is 10.6 Å². The highest BCUT2D eigenvalue weighted by Crippen LogP contribution is 2.34. The second-order valence-corrected chi connectivity index (χ2v) is 12.5. The predicted molar refractivity (Wildman–Crippen MR) is 160 cm³/mol. The van der Waals surface area contributed by atoms with E-state index in [1.54, 1.807) is 26.0 Å². The molecule has 2 fully saturated rings. The van der Waals surface area contributed by atoms with Crippen LogP contribution >= 0.6 is 0 Å². The summed E-state index contributed by atoms with van der Waals surface area (Å²) in [5, 5.41) is 22.6. The van der Waals surface area contributed by atoms with Crippen molar-refractivity contribution in [1.29, 1.82) is 0 Å².